The number of piperidine rings is 1. The normalized spacial score (nSPS) is 28.0. The summed E-state index contributed by atoms with van der Waals surface area (Å²) in [4.78, 5) is 18.8. The number of carbonyl (C=O) groups is 1. The molecule has 130 valence electrons. The standard InChI is InChI=1S/C19H20ClN3O2/c20-14-3-5-15(6-4-14)22-18(24)23-16-7-8-17(23)11-19(25,10-16)13-2-1-9-21-12-13/h1-6,9,12,16-17,25H,7-8,10-11H2,(H,22,24)/t16-,17+,19?. The van der Waals surface area contributed by atoms with Crippen molar-refractivity contribution >= 4 is 23.3 Å². The van der Waals surface area contributed by atoms with Crippen LogP contribution in [-0.2, 0) is 5.60 Å². The zero-order chi connectivity index (χ0) is 17.4. The van der Waals surface area contributed by atoms with Crippen LogP contribution in [0.4, 0.5) is 10.5 Å². The van der Waals surface area contributed by atoms with Crippen molar-refractivity contribution in [3.05, 3.63) is 59.4 Å². The molecule has 2 aliphatic rings. The van der Waals surface area contributed by atoms with Crippen molar-refractivity contribution in [3.63, 3.8) is 0 Å². The van der Waals surface area contributed by atoms with Crippen LogP contribution in [0, 0.1) is 0 Å². The minimum Gasteiger partial charge on any atom is -0.385 e. The van der Waals surface area contributed by atoms with E-state index in [1.165, 1.54) is 0 Å². The number of nitrogens with zero attached hydrogens (tertiary/aromatic N) is 2. The zero-order valence-corrected chi connectivity index (χ0v) is 14.5. The highest BCUT2D eigenvalue weighted by Gasteiger charge is 2.50. The summed E-state index contributed by atoms with van der Waals surface area (Å²) in [6.45, 7) is 0. The molecule has 0 aliphatic carbocycles. The van der Waals surface area contributed by atoms with Gasteiger partial charge in [0.1, 0.15) is 0 Å². The van der Waals surface area contributed by atoms with E-state index in [1.807, 2.05) is 17.0 Å². The Morgan fingerprint density at radius 2 is 1.88 bits per heavy atom. The molecule has 1 aromatic heterocycles. The first-order chi connectivity index (χ1) is 12.0. The third-order valence-corrected chi connectivity index (χ3v) is 5.55. The van der Waals surface area contributed by atoms with Crippen LogP contribution in [0.5, 0.6) is 0 Å². The fourth-order valence-corrected chi connectivity index (χ4v) is 4.28. The molecule has 1 unspecified atom stereocenters. The lowest BCUT2D eigenvalue weighted by Crippen LogP contribution is -2.53. The maximum Gasteiger partial charge on any atom is 0.322 e. The smallest absolute Gasteiger partial charge is 0.322 e. The van der Waals surface area contributed by atoms with E-state index in [0.717, 1.165) is 24.1 Å². The predicted molar refractivity (Wildman–Crippen MR) is 96.5 cm³/mol. The molecule has 6 heteroatoms. The quantitative estimate of drug-likeness (QED) is 0.859. The lowest BCUT2D eigenvalue weighted by atomic mass is 9.81. The number of amides is 2. The molecular weight excluding hydrogens is 338 g/mol. The Bertz CT molecular complexity index is 752. The van der Waals surface area contributed by atoms with Crippen molar-refractivity contribution in [2.45, 2.75) is 43.4 Å². The summed E-state index contributed by atoms with van der Waals surface area (Å²) in [6.07, 6.45) is 6.36. The second-order valence-corrected chi connectivity index (χ2v) is 7.35. The van der Waals surface area contributed by atoms with Crippen molar-refractivity contribution in [2.75, 3.05) is 5.32 Å². The van der Waals surface area contributed by atoms with Gasteiger partial charge in [0.05, 0.1) is 5.60 Å². The number of urea groups is 1. The highest BCUT2D eigenvalue weighted by Crippen LogP contribution is 2.45. The van der Waals surface area contributed by atoms with E-state index in [0.29, 0.717) is 17.9 Å². The fraction of sp³-hybridized carbons (Fsp3) is 0.368. The Labute approximate surface area is 151 Å². The largest absolute Gasteiger partial charge is 0.385 e. The Kier molecular flexibility index (Phi) is 4.13. The number of nitrogens with one attached hydrogen (secondary N) is 1. The number of anilines is 1. The summed E-state index contributed by atoms with van der Waals surface area (Å²) in [5.41, 5.74) is 0.656. The zero-order valence-electron chi connectivity index (χ0n) is 13.7. The first kappa shape index (κ1) is 16.4. The average Bonchev–Trinajstić information content (AvgIpc) is 2.90. The molecule has 2 amide bonds. The number of hydrogen-bond acceptors (Lipinski definition) is 3. The number of pyridine rings is 1. The molecule has 2 saturated heterocycles. The van der Waals surface area contributed by atoms with Gasteiger partial charge in [-0.25, -0.2) is 4.79 Å². The van der Waals surface area contributed by atoms with E-state index in [2.05, 4.69) is 10.3 Å². The minimum atomic E-state index is -0.906. The summed E-state index contributed by atoms with van der Waals surface area (Å²) < 4.78 is 0. The molecule has 2 fully saturated rings. The maximum absolute atomic E-state index is 12.7. The van der Waals surface area contributed by atoms with Gasteiger partial charge in [0.25, 0.3) is 0 Å². The first-order valence-corrected chi connectivity index (χ1v) is 8.91. The lowest BCUT2D eigenvalue weighted by Gasteiger charge is -2.43. The molecular formula is C19H20ClN3O2. The van der Waals surface area contributed by atoms with Crippen LogP contribution in [0.25, 0.3) is 0 Å². The highest BCUT2D eigenvalue weighted by molar-refractivity contribution is 6.30. The topological polar surface area (TPSA) is 65.5 Å². The summed E-state index contributed by atoms with van der Waals surface area (Å²) >= 11 is 5.89. The molecule has 0 radical (unpaired) electrons. The molecule has 25 heavy (non-hydrogen) atoms. The van der Waals surface area contributed by atoms with Gasteiger partial charge in [-0.3, -0.25) is 4.98 Å². The molecule has 0 spiro atoms. The van der Waals surface area contributed by atoms with E-state index in [1.54, 1.807) is 36.7 Å². The Morgan fingerprint density at radius 1 is 1.20 bits per heavy atom. The van der Waals surface area contributed by atoms with E-state index in [-0.39, 0.29) is 18.1 Å². The predicted octanol–water partition coefficient (Wildman–Crippen LogP) is 3.78. The second kappa shape index (κ2) is 6.32. The third-order valence-electron chi connectivity index (χ3n) is 5.30. The molecule has 3 atom stereocenters. The van der Waals surface area contributed by atoms with Gasteiger partial charge in [0.15, 0.2) is 0 Å². The van der Waals surface area contributed by atoms with Gasteiger partial charge in [0, 0.05) is 53.6 Å². The van der Waals surface area contributed by atoms with Crippen LogP contribution in [0.1, 0.15) is 31.2 Å². The Hall–Kier alpha value is -2.11. The number of aliphatic hydroxyl groups is 1. The van der Waals surface area contributed by atoms with E-state index in [4.69, 9.17) is 11.6 Å². The number of halogens is 1. The molecule has 2 bridgehead atoms. The lowest BCUT2D eigenvalue weighted by molar-refractivity contribution is -0.0424. The molecule has 4 rings (SSSR count). The maximum atomic E-state index is 12.7. The summed E-state index contributed by atoms with van der Waals surface area (Å²) in [7, 11) is 0. The molecule has 5 nitrogen and oxygen atoms in total. The Morgan fingerprint density at radius 3 is 2.48 bits per heavy atom. The van der Waals surface area contributed by atoms with Crippen molar-refractivity contribution in [2.24, 2.45) is 0 Å². The first-order valence-electron chi connectivity index (χ1n) is 8.53. The number of aromatic nitrogens is 1. The van der Waals surface area contributed by atoms with Gasteiger partial charge in [-0.2, -0.15) is 0 Å². The molecule has 2 N–H and O–H groups in total. The van der Waals surface area contributed by atoms with E-state index >= 15 is 0 Å². The number of carbonyl (C=O) groups excluding carboxylic acids is 1. The van der Waals surface area contributed by atoms with Gasteiger partial charge in [-0.15, -0.1) is 0 Å². The molecule has 2 aromatic rings. The van der Waals surface area contributed by atoms with Crippen LogP contribution in [0.3, 0.4) is 0 Å². The van der Waals surface area contributed by atoms with Gasteiger partial charge in [0.2, 0.25) is 0 Å². The van der Waals surface area contributed by atoms with E-state index < -0.39 is 5.60 Å². The van der Waals surface area contributed by atoms with Crippen molar-refractivity contribution in [1.82, 2.24) is 9.88 Å². The van der Waals surface area contributed by atoms with Gasteiger partial charge in [-0.05, 0) is 43.2 Å². The summed E-state index contributed by atoms with van der Waals surface area (Å²) in [5.74, 6) is 0. The van der Waals surface area contributed by atoms with E-state index in [9.17, 15) is 9.90 Å². The summed E-state index contributed by atoms with van der Waals surface area (Å²) in [5, 5.41) is 14.7. The van der Waals surface area contributed by atoms with Crippen LogP contribution in [0.2, 0.25) is 5.02 Å². The van der Waals surface area contributed by atoms with Gasteiger partial charge >= 0.3 is 6.03 Å². The third kappa shape index (κ3) is 3.10. The van der Waals surface area contributed by atoms with Crippen LogP contribution in [0.15, 0.2) is 48.8 Å². The number of fused-ring (bicyclic) bond motifs is 2. The highest BCUT2D eigenvalue weighted by atomic mass is 35.5. The SMILES string of the molecule is O=C(Nc1ccc(Cl)cc1)N1[C@@H]2CC[C@H]1CC(O)(c1cccnc1)C2. The second-order valence-electron chi connectivity index (χ2n) is 6.91. The van der Waals surface area contributed by atoms with Gasteiger partial charge < -0.3 is 15.3 Å². The Balaban J connectivity index is 1.50. The average molecular weight is 358 g/mol. The van der Waals surface area contributed by atoms with Crippen LogP contribution < -0.4 is 5.32 Å². The monoisotopic (exact) mass is 357 g/mol. The number of hydrogen-bond donors (Lipinski definition) is 2. The molecule has 3 heterocycles. The minimum absolute atomic E-state index is 0.0382. The van der Waals surface area contributed by atoms with Crippen molar-refractivity contribution in [3.8, 4) is 0 Å². The summed E-state index contributed by atoms with van der Waals surface area (Å²) in [6, 6.07) is 10.8. The van der Waals surface area contributed by atoms with Crippen LogP contribution in [-0.4, -0.2) is 33.1 Å². The fourth-order valence-electron chi connectivity index (χ4n) is 4.15. The van der Waals surface area contributed by atoms with Crippen molar-refractivity contribution < 1.29 is 9.90 Å². The van der Waals surface area contributed by atoms with Gasteiger partial charge in [-0.1, -0.05) is 17.7 Å². The molecule has 2 aliphatic heterocycles. The van der Waals surface area contributed by atoms with Crippen LogP contribution >= 0.6 is 11.6 Å². The number of benzene rings is 1. The molecule has 0 saturated carbocycles. The van der Waals surface area contributed by atoms with Crippen molar-refractivity contribution in [1.29, 1.82) is 0 Å². The molecule has 1 aromatic carbocycles. The number of rotatable bonds is 2.